The van der Waals surface area contributed by atoms with Crippen LogP contribution in [0.4, 0.5) is 10.5 Å². The van der Waals surface area contributed by atoms with Gasteiger partial charge in [-0.2, -0.15) is 0 Å². The predicted molar refractivity (Wildman–Crippen MR) is 99.7 cm³/mol. The lowest BCUT2D eigenvalue weighted by atomic mass is 10.2. The SMILES string of the molecule is Cc1cc(C=C2NC(=O)N(c3cccc(Cl)c3)C2=O)c(C)n1C(C)C. The van der Waals surface area contributed by atoms with Crippen LogP contribution in [0.15, 0.2) is 36.0 Å². The van der Waals surface area contributed by atoms with Gasteiger partial charge in [-0.3, -0.25) is 4.79 Å². The quantitative estimate of drug-likeness (QED) is 0.652. The van der Waals surface area contributed by atoms with Crippen LogP contribution in [-0.4, -0.2) is 16.5 Å². The number of carbonyl (C=O) groups is 2. The highest BCUT2D eigenvalue weighted by molar-refractivity contribution is 6.32. The molecule has 0 saturated carbocycles. The van der Waals surface area contributed by atoms with Crippen molar-refractivity contribution in [2.45, 2.75) is 33.7 Å². The normalized spacial score (nSPS) is 16.2. The molecule has 130 valence electrons. The average molecular weight is 358 g/mol. The van der Waals surface area contributed by atoms with Crippen molar-refractivity contribution < 1.29 is 9.59 Å². The summed E-state index contributed by atoms with van der Waals surface area (Å²) in [6.07, 6.45) is 1.73. The number of anilines is 1. The second-order valence-corrected chi connectivity index (χ2v) is 6.84. The number of aryl methyl sites for hydroxylation is 1. The number of nitrogens with zero attached hydrogens (tertiary/aromatic N) is 2. The minimum absolute atomic E-state index is 0.258. The van der Waals surface area contributed by atoms with Gasteiger partial charge in [-0.1, -0.05) is 17.7 Å². The molecule has 3 amide bonds. The third-order valence-electron chi connectivity index (χ3n) is 4.28. The summed E-state index contributed by atoms with van der Waals surface area (Å²) >= 11 is 5.97. The van der Waals surface area contributed by atoms with Gasteiger partial charge in [0.05, 0.1) is 5.69 Å². The average Bonchev–Trinajstić information content (AvgIpc) is 2.95. The van der Waals surface area contributed by atoms with E-state index in [-0.39, 0.29) is 11.6 Å². The van der Waals surface area contributed by atoms with Crippen LogP contribution in [0.5, 0.6) is 0 Å². The molecule has 1 aromatic carbocycles. The summed E-state index contributed by atoms with van der Waals surface area (Å²) < 4.78 is 2.20. The van der Waals surface area contributed by atoms with Crippen molar-refractivity contribution in [3.05, 3.63) is 58.0 Å². The molecule has 5 nitrogen and oxygen atoms in total. The summed E-state index contributed by atoms with van der Waals surface area (Å²) in [6.45, 7) is 8.26. The molecule has 0 unspecified atom stereocenters. The van der Waals surface area contributed by atoms with Crippen LogP contribution in [0.1, 0.15) is 36.8 Å². The number of hydrogen-bond donors (Lipinski definition) is 1. The molecule has 6 heteroatoms. The molecular weight excluding hydrogens is 338 g/mol. The van der Waals surface area contributed by atoms with Crippen LogP contribution in [0.25, 0.3) is 6.08 Å². The molecule has 0 bridgehead atoms. The first-order chi connectivity index (χ1) is 11.8. The molecule has 1 aliphatic rings. The first kappa shape index (κ1) is 17.3. The van der Waals surface area contributed by atoms with Gasteiger partial charge in [-0.25, -0.2) is 9.69 Å². The molecule has 1 N–H and O–H groups in total. The summed E-state index contributed by atoms with van der Waals surface area (Å²) in [6, 6.07) is 8.53. The van der Waals surface area contributed by atoms with Crippen LogP contribution >= 0.6 is 11.6 Å². The number of rotatable bonds is 3. The van der Waals surface area contributed by atoms with Crippen molar-refractivity contribution in [3.8, 4) is 0 Å². The van der Waals surface area contributed by atoms with Crippen molar-refractivity contribution in [2.24, 2.45) is 0 Å². The summed E-state index contributed by atoms with van der Waals surface area (Å²) in [5.41, 5.74) is 3.80. The number of imide groups is 1. The lowest BCUT2D eigenvalue weighted by Gasteiger charge is -2.13. The summed E-state index contributed by atoms with van der Waals surface area (Å²) in [5, 5.41) is 3.12. The Hall–Kier alpha value is -2.53. The second kappa shape index (κ2) is 6.41. The smallest absolute Gasteiger partial charge is 0.333 e. The van der Waals surface area contributed by atoms with E-state index in [1.165, 1.54) is 0 Å². The van der Waals surface area contributed by atoms with Crippen LogP contribution in [0, 0.1) is 13.8 Å². The third-order valence-corrected chi connectivity index (χ3v) is 4.52. The molecule has 25 heavy (non-hydrogen) atoms. The minimum atomic E-state index is -0.476. The molecule has 0 spiro atoms. The van der Waals surface area contributed by atoms with Gasteiger partial charge in [0.2, 0.25) is 0 Å². The zero-order valence-corrected chi connectivity index (χ0v) is 15.4. The van der Waals surface area contributed by atoms with Crippen LogP contribution in [0.3, 0.4) is 0 Å². The first-order valence-corrected chi connectivity index (χ1v) is 8.48. The fourth-order valence-corrected chi connectivity index (χ4v) is 3.47. The topological polar surface area (TPSA) is 54.3 Å². The van der Waals surface area contributed by atoms with E-state index in [9.17, 15) is 9.59 Å². The number of benzene rings is 1. The Morgan fingerprint density at radius 3 is 2.48 bits per heavy atom. The molecule has 1 aromatic heterocycles. The Labute approximate surface area is 151 Å². The van der Waals surface area contributed by atoms with Crippen molar-refractivity contribution in [2.75, 3.05) is 4.90 Å². The lowest BCUT2D eigenvalue weighted by molar-refractivity contribution is -0.113. The monoisotopic (exact) mass is 357 g/mol. The van der Waals surface area contributed by atoms with Crippen molar-refractivity contribution in [1.29, 1.82) is 0 Å². The van der Waals surface area contributed by atoms with E-state index < -0.39 is 6.03 Å². The molecule has 1 saturated heterocycles. The zero-order chi connectivity index (χ0) is 18.3. The summed E-state index contributed by atoms with van der Waals surface area (Å²) in [7, 11) is 0. The molecular formula is C19H20ClN3O2. The highest BCUT2D eigenvalue weighted by atomic mass is 35.5. The Morgan fingerprint density at radius 1 is 1.16 bits per heavy atom. The largest absolute Gasteiger partial charge is 0.346 e. The zero-order valence-electron chi connectivity index (χ0n) is 14.6. The first-order valence-electron chi connectivity index (χ1n) is 8.10. The third kappa shape index (κ3) is 3.07. The molecule has 3 rings (SSSR count). The van der Waals surface area contributed by atoms with E-state index in [4.69, 9.17) is 11.6 Å². The molecule has 1 fully saturated rings. The fraction of sp³-hybridized carbons (Fsp3) is 0.263. The Morgan fingerprint density at radius 2 is 1.88 bits per heavy atom. The number of hydrogen-bond acceptors (Lipinski definition) is 2. The second-order valence-electron chi connectivity index (χ2n) is 6.40. The number of carbonyl (C=O) groups excluding carboxylic acids is 2. The maximum Gasteiger partial charge on any atom is 0.333 e. The maximum absolute atomic E-state index is 12.7. The van der Waals surface area contributed by atoms with Crippen LogP contribution in [0.2, 0.25) is 5.02 Å². The highest BCUT2D eigenvalue weighted by Crippen LogP contribution is 2.27. The van der Waals surface area contributed by atoms with Crippen molar-refractivity contribution in [1.82, 2.24) is 9.88 Å². The molecule has 1 aliphatic heterocycles. The molecule has 2 heterocycles. The lowest BCUT2D eigenvalue weighted by Crippen LogP contribution is -2.30. The minimum Gasteiger partial charge on any atom is -0.346 e. The van der Waals surface area contributed by atoms with E-state index in [0.29, 0.717) is 16.8 Å². The van der Waals surface area contributed by atoms with Crippen LogP contribution < -0.4 is 10.2 Å². The predicted octanol–water partition coefficient (Wildman–Crippen LogP) is 4.44. The number of halogens is 1. The van der Waals surface area contributed by atoms with Gasteiger partial charge in [0, 0.05) is 22.5 Å². The number of urea groups is 1. The van der Waals surface area contributed by atoms with Gasteiger partial charge in [0.15, 0.2) is 0 Å². The number of nitrogens with one attached hydrogen (secondary N) is 1. The fourth-order valence-electron chi connectivity index (χ4n) is 3.28. The summed E-state index contributed by atoms with van der Waals surface area (Å²) in [5.74, 6) is -0.387. The standard InChI is InChI=1S/C19H20ClN3O2/c1-11(2)22-12(3)8-14(13(22)4)9-17-18(24)23(19(25)21-17)16-7-5-6-15(20)10-16/h5-11H,1-4H3,(H,21,25). The van der Waals surface area contributed by atoms with Crippen LogP contribution in [-0.2, 0) is 4.79 Å². The summed E-state index contributed by atoms with van der Waals surface area (Å²) in [4.78, 5) is 26.1. The van der Waals surface area contributed by atoms with Gasteiger partial charge in [-0.15, -0.1) is 0 Å². The highest BCUT2D eigenvalue weighted by Gasteiger charge is 2.35. The Balaban J connectivity index is 1.98. The molecule has 0 radical (unpaired) electrons. The van der Waals surface area contributed by atoms with E-state index in [1.807, 2.05) is 19.9 Å². The van der Waals surface area contributed by atoms with Gasteiger partial charge in [0.1, 0.15) is 5.70 Å². The Bertz CT molecular complexity index is 896. The maximum atomic E-state index is 12.7. The van der Waals surface area contributed by atoms with Gasteiger partial charge < -0.3 is 9.88 Å². The van der Waals surface area contributed by atoms with Gasteiger partial charge >= 0.3 is 6.03 Å². The van der Waals surface area contributed by atoms with E-state index >= 15 is 0 Å². The van der Waals surface area contributed by atoms with E-state index in [2.05, 4.69) is 23.7 Å². The van der Waals surface area contributed by atoms with Crippen molar-refractivity contribution >= 4 is 35.3 Å². The van der Waals surface area contributed by atoms with E-state index in [0.717, 1.165) is 21.9 Å². The Kier molecular flexibility index (Phi) is 4.43. The number of amides is 3. The molecule has 0 atom stereocenters. The van der Waals surface area contributed by atoms with Gasteiger partial charge in [0.25, 0.3) is 5.91 Å². The molecule has 0 aliphatic carbocycles. The van der Waals surface area contributed by atoms with Crippen molar-refractivity contribution in [3.63, 3.8) is 0 Å². The van der Waals surface area contributed by atoms with Gasteiger partial charge in [-0.05, 0) is 63.6 Å². The van der Waals surface area contributed by atoms with E-state index in [1.54, 1.807) is 30.3 Å². The molecule has 2 aromatic rings. The number of aromatic nitrogens is 1.